The Morgan fingerprint density at radius 3 is 3.05 bits per heavy atom. The van der Waals surface area contributed by atoms with Gasteiger partial charge in [0.25, 0.3) is 0 Å². The van der Waals surface area contributed by atoms with E-state index < -0.39 is 0 Å². The number of aromatic nitrogens is 4. The summed E-state index contributed by atoms with van der Waals surface area (Å²) in [7, 11) is 0. The van der Waals surface area contributed by atoms with Gasteiger partial charge in [0.1, 0.15) is 0 Å². The molecule has 0 radical (unpaired) electrons. The van der Waals surface area contributed by atoms with Crippen LogP contribution in [0.1, 0.15) is 25.6 Å². The van der Waals surface area contributed by atoms with E-state index in [0.29, 0.717) is 11.4 Å². The fraction of sp³-hybridized carbons (Fsp3) is 0.231. The zero-order valence-corrected chi connectivity index (χ0v) is 11.5. The van der Waals surface area contributed by atoms with Crippen molar-refractivity contribution in [1.29, 1.82) is 5.26 Å². The molecule has 19 heavy (non-hydrogen) atoms. The molecule has 0 bridgehead atoms. The molecule has 1 unspecified atom stereocenters. The van der Waals surface area contributed by atoms with E-state index in [0.717, 1.165) is 0 Å². The molecule has 0 aromatic carbocycles. The topological polar surface area (TPSA) is 78.2 Å². The summed E-state index contributed by atoms with van der Waals surface area (Å²) >= 11 is 5.80. The van der Waals surface area contributed by atoms with Gasteiger partial charge in [0.05, 0.1) is 6.07 Å². The van der Waals surface area contributed by atoms with Gasteiger partial charge < -0.3 is 0 Å². The van der Waals surface area contributed by atoms with Crippen LogP contribution < -0.4 is 0 Å². The van der Waals surface area contributed by atoms with Gasteiger partial charge in [0.15, 0.2) is 11.0 Å². The Bertz CT molecular complexity index is 567. The second-order valence-corrected chi connectivity index (χ2v) is 4.18. The van der Waals surface area contributed by atoms with Gasteiger partial charge in [-0.15, -0.1) is 10.2 Å². The minimum atomic E-state index is -0.0359. The lowest BCUT2D eigenvalue weighted by molar-refractivity contribution is 0.769. The van der Waals surface area contributed by atoms with Crippen LogP contribution in [-0.4, -0.2) is 20.4 Å². The third-order valence-corrected chi connectivity index (χ3v) is 2.38. The molecule has 1 rings (SSSR count). The summed E-state index contributed by atoms with van der Waals surface area (Å²) in [6.07, 6.45) is 6.98. The highest BCUT2D eigenvalue weighted by molar-refractivity contribution is 6.29. The van der Waals surface area contributed by atoms with Gasteiger partial charge in [-0.1, -0.05) is 30.7 Å². The first-order valence-corrected chi connectivity index (χ1v) is 6.03. The Morgan fingerprint density at radius 2 is 2.32 bits per heavy atom. The number of nitrogens with one attached hydrogen (secondary N) is 1. The molecule has 0 spiro atoms. The number of H-pyrrole nitrogens is 1. The van der Waals surface area contributed by atoms with Gasteiger partial charge >= 0.3 is 0 Å². The maximum absolute atomic E-state index is 8.63. The zero-order chi connectivity index (χ0) is 14.1. The third kappa shape index (κ3) is 5.80. The minimum Gasteiger partial charge on any atom is -0.263 e. The third-order valence-electron chi connectivity index (χ3n) is 2.18. The van der Waals surface area contributed by atoms with Gasteiger partial charge in [-0.3, -0.25) is 5.10 Å². The first kappa shape index (κ1) is 14.9. The van der Waals surface area contributed by atoms with E-state index >= 15 is 0 Å². The molecule has 0 amide bonds. The number of nitrogens with zero attached hydrogens (tertiary/aromatic N) is 4. The van der Waals surface area contributed by atoms with Crippen LogP contribution >= 0.6 is 11.6 Å². The van der Waals surface area contributed by atoms with Crippen LogP contribution in [0.4, 0.5) is 0 Å². The fourth-order valence-corrected chi connectivity index (χ4v) is 1.22. The quantitative estimate of drug-likeness (QED) is 0.679. The van der Waals surface area contributed by atoms with Crippen molar-refractivity contribution < 1.29 is 0 Å². The average Bonchev–Trinajstić information content (AvgIpc) is 2.50. The summed E-state index contributed by atoms with van der Waals surface area (Å²) in [5, 5.41) is 23.5. The molecule has 0 aliphatic rings. The maximum atomic E-state index is 8.63. The van der Waals surface area contributed by atoms with E-state index in [1.165, 1.54) is 0 Å². The van der Waals surface area contributed by atoms with Gasteiger partial charge in [0.2, 0.25) is 0 Å². The zero-order valence-electron chi connectivity index (χ0n) is 10.7. The highest BCUT2D eigenvalue weighted by atomic mass is 35.5. The molecule has 0 aliphatic heterocycles. The molecule has 1 heterocycles. The molecule has 1 aromatic rings. The van der Waals surface area contributed by atoms with Gasteiger partial charge in [-0.25, -0.2) is 0 Å². The number of aromatic amines is 1. The van der Waals surface area contributed by atoms with Gasteiger partial charge in [-0.05, 0) is 25.1 Å². The van der Waals surface area contributed by atoms with Crippen LogP contribution in [0, 0.1) is 11.3 Å². The van der Waals surface area contributed by atoms with Crippen molar-refractivity contribution in [1.82, 2.24) is 20.4 Å². The highest BCUT2D eigenvalue weighted by Gasteiger charge is 2.02. The van der Waals surface area contributed by atoms with Crippen molar-refractivity contribution >= 4 is 11.6 Å². The van der Waals surface area contributed by atoms with Crippen molar-refractivity contribution in [3.63, 3.8) is 0 Å². The molecule has 0 aliphatic carbocycles. The predicted molar refractivity (Wildman–Crippen MR) is 73.7 cm³/mol. The monoisotopic (exact) mass is 275 g/mol. The molecular weight excluding hydrogens is 262 g/mol. The van der Waals surface area contributed by atoms with Crippen LogP contribution in [0.5, 0.6) is 0 Å². The van der Waals surface area contributed by atoms with Gasteiger partial charge in [-0.2, -0.15) is 10.4 Å². The lowest BCUT2D eigenvalue weighted by atomic mass is 10.1. The lowest BCUT2D eigenvalue weighted by Crippen LogP contribution is -1.98. The molecule has 98 valence electrons. The predicted octanol–water partition coefficient (Wildman–Crippen LogP) is 3.11. The van der Waals surface area contributed by atoms with E-state index in [1.807, 2.05) is 19.1 Å². The summed E-state index contributed by atoms with van der Waals surface area (Å²) in [6.45, 7) is 3.67. The Morgan fingerprint density at radius 1 is 1.53 bits per heavy atom. The molecular formula is C13H14ClN5. The van der Waals surface area contributed by atoms with Crippen LogP contribution in [-0.2, 0) is 0 Å². The molecule has 1 aromatic heterocycles. The first-order valence-electron chi connectivity index (χ1n) is 5.65. The molecule has 0 fully saturated rings. The van der Waals surface area contributed by atoms with E-state index in [9.17, 15) is 0 Å². The van der Waals surface area contributed by atoms with Crippen molar-refractivity contribution in [2.45, 2.75) is 19.8 Å². The second-order valence-electron chi connectivity index (χ2n) is 3.79. The smallest absolute Gasteiger partial charge is 0.151 e. The Balaban J connectivity index is 2.98. The van der Waals surface area contributed by atoms with E-state index in [-0.39, 0.29) is 11.1 Å². The first-order chi connectivity index (χ1) is 9.13. The Hall–Kier alpha value is -2.19. The average molecular weight is 276 g/mol. The number of allylic oxidation sites excluding steroid dienone is 4. The minimum absolute atomic E-state index is 0.0359. The van der Waals surface area contributed by atoms with Crippen molar-refractivity contribution in [2.24, 2.45) is 0 Å². The molecule has 1 N–H and O–H groups in total. The maximum Gasteiger partial charge on any atom is 0.151 e. The molecule has 1 atom stereocenters. The normalized spacial score (nSPS) is 12.8. The summed E-state index contributed by atoms with van der Waals surface area (Å²) in [5.74, 6) is 0.531. The summed E-state index contributed by atoms with van der Waals surface area (Å²) in [6, 6.07) is 5.30. The van der Waals surface area contributed by atoms with Crippen LogP contribution in [0.2, 0.25) is 5.15 Å². The van der Waals surface area contributed by atoms with Crippen molar-refractivity contribution in [3.8, 4) is 6.07 Å². The number of hydrogen-bond donors (Lipinski definition) is 1. The fourth-order valence-electron chi connectivity index (χ4n) is 1.11. The molecule has 5 nitrogen and oxygen atoms in total. The number of hydrogen-bond acceptors (Lipinski definition) is 4. The second kappa shape index (κ2) is 8.01. The summed E-state index contributed by atoms with van der Waals surface area (Å²) < 4.78 is 0. The Kier molecular flexibility index (Phi) is 6.27. The molecule has 6 heteroatoms. The number of halogens is 1. The van der Waals surface area contributed by atoms with E-state index in [1.54, 1.807) is 37.4 Å². The lowest BCUT2D eigenvalue weighted by Gasteiger charge is -2.00. The van der Waals surface area contributed by atoms with Crippen LogP contribution in [0.15, 0.2) is 42.1 Å². The van der Waals surface area contributed by atoms with E-state index in [2.05, 4.69) is 20.4 Å². The van der Waals surface area contributed by atoms with Crippen molar-refractivity contribution in [2.75, 3.05) is 0 Å². The summed E-state index contributed by atoms with van der Waals surface area (Å²) in [4.78, 5) is 0. The van der Waals surface area contributed by atoms with Crippen LogP contribution in [0.3, 0.4) is 0 Å². The number of nitriles is 1. The number of rotatable bonds is 3. The van der Waals surface area contributed by atoms with Crippen LogP contribution in [0.25, 0.3) is 0 Å². The summed E-state index contributed by atoms with van der Waals surface area (Å²) in [5.41, 5.74) is 0.635. The standard InChI is InChI=1S/C13H14ClN5/c1-10(9-15)5-3-6-11(2)13-18-16-8-4-7-12(14)17-19-13/h3-8,11H,1-2H3,(H,18,19)/b6-3-,7-4?,10-5+,16-8?,17-12?. The van der Waals surface area contributed by atoms with Gasteiger partial charge in [0, 0.05) is 17.7 Å². The highest BCUT2D eigenvalue weighted by Crippen LogP contribution is 2.09. The van der Waals surface area contributed by atoms with E-state index in [4.69, 9.17) is 16.9 Å². The van der Waals surface area contributed by atoms with Crippen molar-refractivity contribution in [3.05, 3.63) is 53.1 Å². The SMILES string of the molecule is C/C(C#N)=C\C=C/C(C)c1nnc(Cl)cccn[nH]1. The molecule has 0 saturated carbocycles. The molecule has 0 saturated heterocycles. The largest absolute Gasteiger partial charge is 0.263 e. The Labute approximate surface area is 117 Å².